The van der Waals surface area contributed by atoms with Crippen LogP contribution in [-0.2, 0) is 9.53 Å². The standard InChI is InChI=1S/C8H9Cl2N3O2/c1-2-15-7(14)4-11-6-3-5(9)12-8(10)13-6/h3H,2,4H2,1H3,(H,11,12,13)/i5+1,6+1,8+1,12+1,13+1. The van der Waals surface area contributed by atoms with E-state index in [9.17, 15) is 4.79 Å². The highest BCUT2D eigenvalue weighted by Gasteiger charge is 2.04. The molecule has 1 heterocycles. The minimum Gasteiger partial charge on any atom is -0.465 e. The van der Waals surface area contributed by atoms with E-state index in [0.717, 1.165) is 0 Å². The molecule has 0 atom stereocenters. The first-order chi connectivity index (χ1) is 7.11. The minimum atomic E-state index is -0.372. The van der Waals surface area contributed by atoms with E-state index >= 15 is 0 Å². The minimum absolute atomic E-state index is 0.0114. The van der Waals surface area contributed by atoms with Crippen molar-refractivity contribution in [3.63, 3.8) is 0 Å². The monoisotopic (exact) mass is 254 g/mol. The molecule has 0 radical (unpaired) electrons. The van der Waals surface area contributed by atoms with Crippen molar-refractivity contribution >= 4 is 35.0 Å². The van der Waals surface area contributed by atoms with E-state index in [0.29, 0.717) is 12.4 Å². The van der Waals surface area contributed by atoms with Gasteiger partial charge in [0, 0.05) is 6.07 Å². The Bertz CT molecular complexity index is 339. The summed E-state index contributed by atoms with van der Waals surface area (Å²) in [5.74, 6) is 0.0106. The lowest BCUT2D eigenvalue weighted by Crippen LogP contribution is -2.17. The fraction of sp³-hybridized carbons (Fsp3) is 0.375. The third-order valence-corrected chi connectivity index (χ3v) is 1.75. The van der Waals surface area contributed by atoms with Gasteiger partial charge in [-0.1, -0.05) is 11.6 Å². The molecule has 0 unspecified atom stereocenters. The van der Waals surface area contributed by atoms with Crippen LogP contribution in [0.4, 0.5) is 5.82 Å². The summed E-state index contributed by atoms with van der Waals surface area (Å²) in [5.41, 5.74) is 0. The number of esters is 1. The van der Waals surface area contributed by atoms with Crippen molar-refractivity contribution < 1.29 is 9.53 Å². The lowest BCUT2D eigenvalue weighted by Gasteiger charge is -2.05. The maximum Gasteiger partial charge on any atom is 0.325 e. The van der Waals surface area contributed by atoms with Gasteiger partial charge in [0.05, 0.1) is 6.61 Å². The molecule has 7 heteroatoms. The van der Waals surface area contributed by atoms with Crippen molar-refractivity contribution in [1.29, 1.82) is 0 Å². The molecule has 0 saturated carbocycles. The molecule has 0 aromatic carbocycles. The van der Waals surface area contributed by atoms with Crippen LogP contribution < -0.4 is 5.32 Å². The van der Waals surface area contributed by atoms with Gasteiger partial charge in [-0.15, -0.1) is 0 Å². The summed E-state index contributed by atoms with van der Waals surface area (Å²) in [6, 6.07) is 1.46. The van der Waals surface area contributed by atoms with Crippen LogP contribution in [0.5, 0.6) is 0 Å². The molecule has 0 aliphatic carbocycles. The van der Waals surface area contributed by atoms with E-state index in [1.807, 2.05) is 0 Å². The van der Waals surface area contributed by atoms with Crippen LogP contribution in [-0.4, -0.2) is 29.1 Å². The first kappa shape index (κ1) is 12.0. The topological polar surface area (TPSA) is 64.1 Å². The van der Waals surface area contributed by atoms with Crippen LogP contribution in [0.15, 0.2) is 6.07 Å². The van der Waals surface area contributed by atoms with Crippen molar-refractivity contribution in [3.05, 3.63) is 16.5 Å². The van der Waals surface area contributed by atoms with Crippen LogP contribution >= 0.6 is 23.2 Å². The summed E-state index contributed by atoms with van der Waals surface area (Å²) in [5, 5.41) is 2.95. The second-order valence-electron chi connectivity index (χ2n) is 2.50. The van der Waals surface area contributed by atoms with Gasteiger partial charge in [0.15, 0.2) is 0 Å². The van der Waals surface area contributed by atoms with Gasteiger partial charge in [0.1, 0.15) is 17.5 Å². The number of nitrogens with one attached hydrogen (secondary N) is 1. The number of nitrogens with zero attached hydrogens (tertiary/aromatic N) is 2. The first-order valence-corrected chi connectivity index (χ1v) is 4.97. The van der Waals surface area contributed by atoms with Gasteiger partial charge in [-0.05, 0) is 18.5 Å². The molecule has 1 aromatic rings. The first-order valence-electron chi connectivity index (χ1n) is 4.21. The van der Waals surface area contributed by atoms with Gasteiger partial charge < -0.3 is 10.1 Å². The Kier molecular flexibility index (Phi) is 4.58. The largest absolute Gasteiger partial charge is 0.465 e. The number of carbonyl (C=O) groups is 1. The van der Waals surface area contributed by atoms with Crippen LogP contribution in [0.1, 0.15) is 6.92 Å². The molecule has 0 aliphatic rings. The number of hydrogen-bond donors (Lipinski definition) is 1. The average Bonchev–Trinajstić information content (AvgIpc) is 2.14. The average molecular weight is 255 g/mol. The van der Waals surface area contributed by atoms with Gasteiger partial charge in [-0.3, -0.25) is 4.79 Å². The summed E-state index contributed by atoms with van der Waals surface area (Å²) in [4.78, 5) is 18.5. The van der Waals surface area contributed by atoms with Gasteiger partial charge >= 0.3 is 5.97 Å². The second kappa shape index (κ2) is 5.72. The van der Waals surface area contributed by atoms with Crippen molar-refractivity contribution in [2.75, 3.05) is 18.5 Å². The molecule has 5 nitrogen and oxygen atoms in total. The number of rotatable bonds is 4. The molecule has 1 aromatic heterocycles. The van der Waals surface area contributed by atoms with E-state index in [1.165, 1.54) is 6.07 Å². The Morgan fingerprint density at radius 3 is 2.87 bits per heavy atom. The third kappa shape index (κ3) is 4.31. The molecule has 0 saturated heterocycles. The normalized spacial score (nSPS) is 9.80. The summed E-state index contributed by atoms with van der Waals surface area (Å²) in [6.07, 6.45) is 0. The Morgan fingerprint density at radius 1 is 1.53 bits per heavy atom. The SMILES string of the molecule is CCOC(=O)CN[13c]1c[13c](Cl)[15n][13c](Cl)[15n]1. The van der Waals surface area contributed by atoms with Crippen LogP contribution in [0, 0.1) is 0 Å². The quantitative estimate of drug-likeness (QED) is 0.504. The molecule has 0 fully saturated rings. The van der Waals surface area contributed by atoms with E-state index in [-0.39, 0.29) is 23.0 Å². The summed E-state index contributed by atoms with van der Waals surface area (Å²) in [6.45, 7) is 2.08. The van der Waals surface area contributed by atoms with Crippen molar-refractivity contribution in [2.24, 2.45) is 0 Å². The predicted molar refractivity (Wildman–Crippen MR) is 57.2 cm³/mol. The number of anilines is 1. The van der Waals surface area contributed by atoms with Gasteiger partial charge in [0.25, 0.3) is 0 Å². The maximum absolute atomic E-state index is 11.0. The number of halogens is 2. The zero-order chi connectivity index (χ0) is 11.3. The van der Waals surface area contributed by atoms with Crippen LogP contribution in [0.2, 0.25) is 10.4 Å². The van der Waals surface area contributed by atoms with Gasteiger partial charge in [0.2, 0.25) is 5.28 Å². The summed E-state index contributed by atoms with van der Waals surface area (Å²) < 4.78 is 4.71. The van der Waals surface area contributed by atoms with E-state index in [4.69, 9.17) is 27.9 Å². The summed E-state index contributed by atoms with van der Waals surface area (Å²) >= 11 is 11.2. The molecule has 0 bridgehead atoms. The Labute approximate surface area is 96.8 Å². The van der Waals surface area contributed by atoms with Crippen LogP contribution in [0.25, 0.3) is 0 Å². The van der Waals surface area contributed by atoms with E-state index < -0.39 is 0 Å². The van der Waals surface area contributed by atoms with Crippen molar-refractivity contribution in [2.45, 2.75) is 6.92 Å². The second-order valence-corrected chi connectivity index (χ2v) is 3.23. The fourth-order valence-electron chi connectivity index (χ4n) is 0.855. The Balaban J connectivity index is 2.54. The molecule has 0 spiro atoms. The number of aromatic nitrogens is 2. The molecule has 82 valence electrons. The maximum atomic E-state index is 11.0. The highest BCUT2D eigenvalue weighted by Crippen LogP contribution is 2.13. The predicted octanol–water partition coefficient (Wildman–Crippen LogP) is 1.76. The third-order valence-electron chi connectivity index (χ3n) is 1.39. The molecular formula is C8H9Cl2N3O2. The molecule has 0 aliphatic heterocycles. The highest BCUT2D eigenvalue weighted by molar-refractivity contribution is 6.32. The van der Waals surface area contributed by atoms with E-state index in [2.05, 4.69) is 15.3 Å². The zero-order valence-electron chi connectivity index (χ0n) is 7.96. The van der Waals surface area contributed by atoms with Crippen molar-refractivity contribution in [3.8, 4) is 0 Å². The number of hydrogen-bond acceptors (Lipinski definition) is 5. The lowest BCUT2D eigenvalue weighted by molar-refractivity contribution is -0.140. The Hall–Kier alpha value is -1.07. The molecule has 15 heavy (non-hydrogen) atoms. The molecular weight excluding hydrogens is 246 g/mol. The number of carbonyl (C=O) groups excluding carboxylic acids is 1. The van der Waals surface area contributed by atoms with Gasteiger partial charge in [-0.2, -0.15) is 0 Å². The highest BCUT2D eigenvalue weighted by atomic mass is 35.5. The molecule has 0 amide bonds. The van der Waals surface area contributed by atoms with Crippen molar-refractivity contribution in [1.82, 2.24) is 9.97 Å². The number of ether oxygens (including phenoxy) is 1. The molecule has 1 rings (SSSR count). The van der Waals surface area contributed by atoms with Crippen LogP contribution in [0.3, 0.4) is 0 Å². The van der Waals surface area contributed by atoms with Gasteiger partial charge in [-0.25, -0.2) is 9.97 Å². The Morgan fingerprint density at radius 2 is 2.27 bits per heavy atom. The smallest absolute Gasteiger partial charge is 0.325 e. The molecule has 1 N–H and O–H groups in total. The summed E-state index contributed by atoms with van der Waals surface area (Å²) in [7, 11) is 0. The lowest BCUT2D eigenvalue weighted by atomic mass is 10.6. The zero-order valence-corrected chi connectivity index (χ0v) is 9.47. The van der Waals surface area contributed by atoms with E-state index in [1.54, 1.807) is 6.92 Å². The fourth-order valence-corrected chi connectivity index (χ4v) is 1.26.